The van der Waals surface area contributed by atoms with E-state index in [-0.39, 0.29) is 24.0 Å². The van der Waals surface area contributed by atoms with Crippen molar-refractivity contribution >= 4 is 11.9 Å². The van der Waals surface area contributed by atoms with Crippen LogP contribution in [0, 0.1) is 0 Å². The summed E-state index contributed by atoms with van der Waals surface area (Å²) in [7, 11) is 0. The number of hydrogen-bond acceptors (Lipinski definition) is 2. The topological polar surface area (TPSA) is 61.4 Å². The number of carbonyl (C=O) groups excluding carboxylic acids is 2. The van der Waals surface area contributed by atoms with Gasteiger partial charge in [-0.15, -0.1) is 0 Å². The third kappa shape index (κ3) is 5.33. The van der Waals surface area contributed by atoms with Crippen LogP contribution in [0.4, 0.5) is 4.79 Å². The van der Waals surface area contributed by atoms with Crippen LogP contribution in [0.3, 0.4) is 0 Å². The molecule has 0 aliphatic carbocycles. The van der Waals surface area contributed by atoms with Gasteiger partial charge in [-0.05, 0) is 30.9 Å². The minimum absolute atomic E-state index is 0.0134. The Bertz CT molecular complexity index is 749. The molecule has 3 rings (SSSR count). The van der Waals surface area contributed by atoms with E-state index < -0.39 is 0 Å². The molecule has 2 aromatic rings. The Balaban J connectivity index is 1.40. The highest BCUT2D eigenvalue weighted by atomic mass is 16.2. The molecule has 1 heterocycles. The van der Waals surface area contributed by atoms with Gasteiger partial charge in [-0.1, -0.05) is 60.7 Å². The number of likely N-dealkylation sites (tertiary alicyclic amines) is 1. The molecule has 1 fully saturated rings. The Kier molecular flexibility index (Phi) is 6.47. The highest BCUT2D eigenvalue weighted by Crippen LogP contribution is 2.25. The Hall–Kier alpha value is -2.82. The van der Waals surface area contributed by atoms with Crippen molar-refractivity contribution in [2.45, 2.75) is 38.3 Å². The molecule has 27 heavy (non-hydrogen) atoms. The van der Waals surface area contributed by atoms with Crippen molar-refractivity contribution in [3.05, 3.63) is 71.8 Å². The first-order valence-corrected chi connectivity index (χ1v) is 9.56. The first-order valence-electron chi connectivity index (χ1n) is 9.56. The maximum absolute atomic E-state index is 12.4. The standard InChI is InChI=1S/C22H27N3O2/c1-17(19-12-6-3-7-13-19)25-16-20(15-21(25)26)24-22(27)23-14-8-11-18-9-4-2-5-10-18/h2-7,9-10,12-13,17,20H,8,11,14-16H2,1H3,(H2,23,24,27). The van der Waals surface area contributed by atoms with Crippen LogP contribution in [0.2, 0.25) is 0 Å². The molecule has 2 atom stereocenters. The number of aryl methyl sites for hydroxylation is 1. The Morgan fingerprint density at radius 1 is 1.11 bits per heavy atom. The molecule has 2 N–H and O–H groups in total. The number of urea groups is 1. The van der Waals surface area contributed by atoms with Gasteiger partial charge < -0.3 is 15.5 Å². The van der Waals surface area contributed by atoms with Crippen molar-refractivity contribution < 1.29 is 9.59 Å². The third-order valence-electron chi connectivity index (χ3n) is 5.01. The molecule has 1 aliphatic rings. The second kappa shape index (κ2) is 9.21. The number of amides is 3. The van der Waals surface area contributed by atoms with E-state index in [0.29, 0.717) is 19.5 Å². The van der Waals surface area contributed by atoms with Gasteiger partial charge in [-0.2, -0.15) is 0 Å². The van der Waals surface area contributed by atoms with Crippen molar-refractivity contribution in [1.82, 2.24) is 15.5 Å². The second-order valence-corrected chi connectivity index (χ2v) is 7.02. The van der Waals surface area contributed by atoms with Crippen LogP contribution >= 0.6 is 0 Å². The number of hydrogen-bond donors (Lipinski definition) is 2. The highest BCUT2D eigenvalue weighted by Gasteiger charge is 2.33. The lowest BCUT2D eigenvalue weighted by Crippen LogP contribution is -2.43. The van der Waals surface area contributed by atoms with E-state index in [2.05, 4.69) is 22.8 Å². The van der Waals surface area contributed by atoms with Crippen molar-refractivity contribution in [2.24, 2.45) is 0 Å². The zero-order chi connectivity index (χ0) is 19.1. The summed E-state index contributed by atoms with van der Waals surface area (Å²) in [5.74, 6) is 0.0840. The predicted octanol–water partition coefficient (Wildman–Crippen LogP) is 3.28. The highest BCUT2D eigenvalue weighted by molar-refractivity contribution is 5.82. The van der Waals surface area contributed by atoms with Crippen molar-refractivity contribution in [2.75, 3.05) is 13.1 Å². The van der Waals surface area contributed by atoms with E-state index in [0.717, 1.165) is 18.4 Å². The molecular formula is C22H27N3O2. The normalized spacial score (nSPS) is 17.6. The minimum atomic E-state index is -0.199. The smallest absolute Gasteiger partial charge is 0.315 e. The summed E-state index contributed by atoms with van der Waals surface area (Å²) in [6, 6.07) is 19.9. The Morgan fingerprint density at radius 3 is 2.48 bits per heavy atom. The number of benzene rings is 2. The average Bonchev–Trinajstić information content (AvgIpc) is 3.06. The van der Waals surface area contributed by atoms with Gasteiger partial charge in [0, 0.05) is 19.5 Å². The van der Waals surface area contributed by atoms with Gasteiger partial charge in [-0.25, -0.2) is 4.79 Å². The number of nitrogens with zero attached hydrogens (tertiary/aromatic N) is 1. The lowest BCUT2D eigenvalue weighted by Gasteiger charge is -2.25. The van der Waals surface area contributed by atoms with E-state index in [9.17, 15) is 9.59 Å². The van der Waals surface area contributed by atoms with Gasteiger partial charge in [0.05, 0.1) is 12.1 Å². The second-order valence-electron chi connectivity index (χ2n) is 7.02. The maximum Gasteiger partial charge on any atom is 0.315 e. The third-order valence-corrected chi connectivity index (χ3v) is 5.01. The van der Waals surface area contributed by atoms with E-state index in [1.54, 1.807) is 0 Å². The minimum Gasteiger partial charge on any atom is -0.338 e. The van der Waals surface area contributed by atoms with E-state index >= 15 is 0 Å². The zero-order valence-corrected chi connectivity index (χ0v) is 15.7. The molecule has 0 bridgehead atoms. The first-order chi connectivity index (χ1) is 13.1. The molecule has 1 aliphatic heterocycles. The van der Waals surface area contributed by atoms with Gasteiger partial charge in [0.25, 0.3) is 0 Å². The van der Waals surface area contributed by atoms with Gasteiger partial charge in [0.15, 0.2) is 0 Å². The molecule has 3 amide bonds. The largest absolute Gasteiger partial charge is 0.338 e. The molecule has 5 heteroatoms. The maximum atomic E-state index is 12.4. The lowest BCUT2D eigenvalue weighted by molar-refractivity contribution is -0.129. The van der Waals surface area contributed by atoms with Gasteiger partial charge in [0.2, 0.25) is 5.91 Å². The summed E-state index contributed by atoms with van der Waals surface area (Å²) in [6.07, 6.45) is 2.18. The van der Waals surface area contributed by atoms with Crippen LogP contribution in [0.5, 0.6) is 0 Å². The Labute approximate surface area is 160 Å². The number of nitrogens with one attached hydrogen (secondary N) is 2. The molecule has 1 saturated heterocycles. The van der Waals surface area contributed by atoms with E-state index in [4.69, 9.17) is 0 Å². The fraction of sp³-hybridized carbons (Fsp3) is 0.364. The van der Waals surface area contributed by atoms with Crippen molar-refractivity contribution in [1.29, 1.82) is 0 Å². The van der Waals surface area contributed by atoms with Gasteiger partial charge >= 0.3 is 6.03 Å². The fourth-order valence-electron chi connectivity index (χ4n) is 3.49. The van der Waals surface area contributed by atoms with Gasteiger partial charge in [0.1, 0.15) is 0 Å². The predicted molar refractivity (Wildman–Crippen MR) is 106 cm³/mol. The molecule has 2 aromatic carbocycles. The molecular weight excluding hydrogens is 338 g/mol. The molecule has 0 radical (unpaired) electrons. The van der Waals surface area contributed by atoms with E-state index in [1.165, 1.54) is 5.56 Å². The summed E-state index contributed by atoms with van der Waals surface area (Å²) >= 11 is 0. The molecule has 0 spiro atoms. The summed E-state index contributed by atoms with van der Waals surface area (Å²) < 4.78 is 0. The summed E-state index contributed by atoms with van der Waals surface area (Å²) in [5.41, 5.74) is 2.38. The molecule has 142 valence electrons. The average molecular weight is 365 g/mol. The Morgan fingerprint density at radius 2 is 1.78 bits per heavy atom. The van der Waals surface area contributed by atoms with Gasteiger partial charge in [-0.3, -0.25) is 4.79 Å². The van der Waals surface area contributed by atoms with E-state index in [1.807, 2.05) is 60.4 Å². The molecule has 0 aromatic heterocycles. The van der Waals surface area contributed by atoms with Crippen molar-refractivity contribution in [3.63, 3.8) is 0 Å². The van der Waals surface area contributed by atoms with Crippen LogP contribution < -0.4 is 10.6 Å². The fourth-order valence-corrected chi connectivity index (χ4v) is 3.49. The number of carbonyl (C=O) groups is 2. The van der Waals surface area contributed by atoms with Crippen LogP contribution in [-0.2, 0) is 11.2 Å². The van der Waals surface area contributed by atoms with Crippen molar-refractivity contribution in [3.8, 4) is 0 Å². The van der Waals surface area contributed by atoms with Crippen LogP contribution in [0.15, 0.2) is 60.7 Å². The number of rotatable bonds is 7. The zero-order valence-electron chi connectivity index (χ0n) is 15.7. The van der Waals surface area contributed by atoms with Crippen LogP contribution in [-0.4, -0.2) is 36.0 Å². The summed E-state index contributed by atoms with van der Waals surface area (Å²) in [6.45, 7) is 3.19. The van der Waals surface area contributed by atoms with Crippen LogP contribution in [0.25, 0.3) is 0 Å². The van der Waals surface area contributed by atoms with Crippen LogP contribution in [0.1, 0.15) is 36.9 Å². The summed E-state index contributed by atoms with van der Waals surface area (Å²) in [5, 5.41) is 5.82. The summed E-state index contributed by atoms with van der Waals surface area (Å²) in [4.78, 5) is 26.3. The monoisotopic (exact) mass is 365 g/mol. The molecule has 5 nitrogen and oxygen atoms in total. The lowest BCUT2D eigenvalue weighted by atomic mass is 10.1. The first kappa shape index (κ1) is 19.0. The SMILES string of the molecule is CC(c1ccccc1)N1CC(NC(=O)NCCCc2ccccc2)CC1=O. The molecule has 0 saturated carbocycles. The molecule has 2 unspecified atom stereocenters. The quantitative estimate of drug-likeness (QED) is 0.740.